The predicted molar refractivity (Wildman–Crippen MR) is 93.5 cm³/mol. The van der Waals surface area contributed by atoms with Crippen LogP contribution in [0.25, 0.3) is 5.69 Å². The number of pyridine rings is 1. The number of likely N-dealkylation sites (tertiary alicyclic amines) is 1. The normalized spacial score (nSPS) is 17.4. The standard InChI is InChI=1S/C19H19N5O/c25-19(16-3-5-18(6-4-16)24-13-11-21-22-24)23-12-1-2-17(14-23)15-7-9-20-10-8-15/h3-11,13,17H,1-2,12,14H2. The highest BCUT2D eigenvalue weighted by atomic mass is 16.2. The third kappa shape index (κ3) is 3.28. The third-order valence-corrected chi connectivity index (χ3v) is 4.69. The molecule has 1 aliphatic heterocycles. The maximum atomic E-state index is 12.9. The second-order valence-corrected chi connectivity index (χ2v) is 6.27. The van der Waals surface area contributed by atoms with Gasteiger partial charge in [0.2, 0.25) is 0 Å². The van der Waals surface area contributed by atoms with Gasteiger partial charge in [0.1, 0.15) is 0 Å². The lowest BCUT2D eigenvalue weighted by molar-refractivity contribution is 0.0707. The lowest BCUT2D eigenvalue weighted by atomic mass is 9.91. The SMILES string of the molecule is O=C(c1ccc(-n2ccnn2)cc1)N1CCCC(c2ccncc2)C1. The minimum absolute atomic E-state index is 0.0869. The number of piperidine rings is 1. The Bertz CT molecular complexity index is 830. The summed E-state index contributed by atoms with van der Waals surface area (Å²) in [5, 5.41) is 7.76. The molecule has 1 aromatic carbocycles. The summed E-state index contributed by atoms with van der Waals surface area (Å²) in [7, 11) is 0. The third-order valence-electron chi connectivity index (χ3n) is 4.69. The fourth-order valence-corrected chi connectivity index (χ4v) is 3.35. The van der Waals surface area contributed by atoms with Gasteiger partial charge in [0, 0.05) is 37.0 Å². The predicted octanol–water partition coefficient (Wildman–Crippen LogP) is 2.68. The van der Waals surface area contributed by atoms with Crippen molar-refractivity contribution in [3.63, 3.8) is 0 Å². The largest absolute Gasteiger partial charge is 0.338 e. The molecule has 0 radical (unpaired) electrons. The number of hydrogen-bond acceptors (Lipinski definition) is 4. The van der Waals surface area contributed by atoms with Crippen LogP contribution in [-0.2, 0) is 0 Å². The number of aromatic nitrogens is 4. The summed E-state index contributed by atoms with van der Waals surface area (Å²) in [5.74, 6) is 0.471. The van der Waals surface area contributed by atoms with E-state index < -0.39 is 0 Å². The molecule has 1 aliphatic rings. The van der Waals surface area contributed by atoms with Crippen molar-refractivity contribution in [3.8, 4) is 5.69 Å². The highest BCUT2D eigenvalue weighted by molar-refractivity contribution is 5.94. The number of benzene rings is 1. The minimum atomic E-state index is 0.0869. The van der Waals surface area contributed by atoms with E-state index in [2.05, 4.69) is 15.3 Å². The Kier molecular flexibility index (Phi) is 4.24. The smallest absolute Gasteiger partial charge is 0.253 e. The Morgan fingerprint density at radius 2 is 1.84 bits per heavy atom. The number of rotatable bonds is 3. The first-order valence-corrected chi connectivity index (χ1v) is 8.47. The number of nitrogens with zero attached hydrogens (tertiary/aromatic N) is 5. The van der Waals surface area contributed by atoms with Crippen molar-refractivity contribution in [1.82, 2.24) is 24.9 Å². The summed E-state index contributed by atoms with van der Waals surface area (Å²) in [6, 6.07) is 11.6. The van der Waals surface area contributed by atoms with Crippen molar-refractivity contribution >= 4 is 5.91 Å². The van der Waals surface area contributed by atoms with Crippen LogP contribution in [0, 0.1) is 0 Å². The lowest BCUT2D eigenvalue weighted by Crippen LogP contribution is -2.39. The second-order valence-electron chi connectivity index (χ2n) is 6.27. The van der Waals surface area contributed by atoms with E-state index in [0.29, 0.717) is 11.5 Å². The van der Waals surface area contributed by atoms with Crippen molar-refractivity contribution in [2.24, 2.45) is 0 Å². The zero-order valence-corrected chi connectivity index (χ0v) is 13.8. The molecule has 1 fully saturated rings. The van der Waals surface area contributed by atoms with Crippen LogP contribution < -0.4 is 0 Å². The molecule has 25 heavy (non-hydrogen) atoms. The second kappa shape index (κ2) is 6.84. The van der Waals surface area contributed by atoms with Crippen molar-refractivity contribution < 1.29 is 4.79 Å². The Morgan fingerprint density at radius 1 is 1.04 bits per heavy atom. The van der Waals surface area contributed by atoms with Gasteiger partial charge in [-0.25, -0.2) is 4.68 Å². The molecule has 6 heteroatoms. The Morgan fingerprint density at radius 3 is 2.56 bits per heavy atom. The van der Waals surface area contributed by atoms with E-state index >= 15 is 0 Å². The van der Waals surface area contributed by atoms with E-state index in [1.165, 1.54) is 5.56 Å². The zero-order chi connectivity index (χ0) is 17.1. The first-order chi connectivity index (χ1) is 12.3. The molecule has 3 aromatic rings. The van der Waals surface area contributed by atoms with E-state index in [-0.39, 0.29) is 5.91 Å². The molecule has 0 N–H and O–H groups in total. The number of hydrogen-bond donors (Lipinski definition) is 0. The summed E-state index contributed by atoms with van der Waals surface area (Å²) in [5.41, 5.74) is 2.86. The zero-order valence-electron chi connectivity index (χ0n) is 13.8. The van der Waals surface area contributed by atoms with Crippen LogP contribution in [0.1, 0.15) is 34.7 Å². The van der Waals surface area contributed by atoms with Crippen LogP contribution in [0.3, 0.4) is 0 Å². The molecule has 0 bridgehead atoms. The Balaban J connectivity index is 1.48. The van der Waals surface area contributed by atoms with E-state index in [1.54, 1.807) is 17.1 Å². The fourth-order valence-electron chi connectivity index (χ4n) is 3.35. The summed E-state index contributed by atoms with van der Waals surface area (Å²) < 4.78 is 1.68. The lowest BCUT2D eigenvalue weighted by Gasteiger charge is -2.33. The molecular formula is C19H19N5O. The van der Waals surface area contributed by atoms with Crippen molar-refractivity contribution in [3.05, 3.63) is 72.3 Å². The van der Waals surface area contributed by atoms with E-state index in [0.717, 1.165) is 31.6 Å². The van der Waals surface area contributed by atoms with Crippen molar-refractivity contribution in [2.45, 2.75) is 18.8 Å². The molecule has 1 amide bonds. The molecule has 2 aromatic heterocycles. The molecular weight excluding hydrogens is 314 g/mol. The summed E-state index contributed by atoms with van der Waals surface area (Å²) >= 11 is 0. The minimum Gasteiger partial charge on any atom is -0.338 e. The number of amides is 1. The van der Waals surface area contributed by atoms with Gasteiger partial charge in [-0.3, -0.25) is 9.78 Å². The van der Waals surface area contributed by atoms with Gasteiger partial charge in [0.15, 0.2) is 0 Å². The molecule has 1 unspecified atom stereocenters. The summed E-state index contributed by atoms with van der Waals surface area (Å²) in [6.07, 6.45) is 9.18. The van der Waals surface area contributed by atoms with Crippen LogP contribution in [0.5, 0.6) is 0 Å². The molecule has 0 spiro atoms. The van der Waals surface area contributed by atoms with Gasteiger partial charge in [0.05, 0.1) is 18.1 Å². The van der Waals surface area contributed by atoms with E-state index in [1.807, 2.05) is 53.7 Å². The van der Waals surface area contributed by atoms with E-state index in [4.69, 9.17) is 0 Å². The molecule has 3 heterocycles. The quantitative estimate of drug-likeness (QED) is 0.739. The highest BCUT2D eigenvalue weighted by Crippen LogP contribution is 2.27. The van der Waals surface area contributed by atoms with Gasteiger partial charge in [0.25, 0.3) is 5.91 Å². The summed E-state index contributed by atoms with van der Waals surface area (Å²) in [4.78, 5) is 18.9. The molecule has 4 rings (SSSR count). The summed E-state index contributed by atoms with van der Waals surface area (Å²) in [6.45, 7) is 1.57. The molecule has 6 nitrogen and oxygen atoms in total. The van der Waals surface area contributed by atoms with Crippen LogP contribution in [0.15, 0.2) is 61.2 Å². The average molecular weight is 333 g/mol. The number of carbonyl (C=O) groups excluding carboxylic acids is 1. The fraction of sp³-hybridized carbons (Fsp3) is 0.263. The van der Waals surface area contributed by atoms with Crippen LogP contribution in [0.2, 0.25) is 0 Å². The van der Waals surface area contributed by atoms with Crippen LogP contribution in [0.4, 0.5) is 0 Å². The molecule has 1 atom stereocenters. The first-order valence-electron chi connectivity index (χ1n) is 8.47. The van der Waals surface area contributed by atoms with Gasteiger partial charge in [-0.05, 0) is 54.8 Å². The van der Waals surface area contributed by atoms with Gasteiger partial charge in [-0.2, -0.15) is 0 Å². The molecule has 0 saturated carbocycles. The topological polar surface area (TPSA) is 63.9 Å². The maximum absolute atomic E-state index is 12.9. The van der Waals surface area contributed by atoms with Crippen molar-refractivity contribution in [1.29, 1.82) is 0 Å². The average Bonchev–Trinajstić information content (AvgIpc) is 3.23. The molecule has 1 saturated heterocycles. The first kappa shape index (κ1) is 15.5. The van der Waals surface area contributed by atoms with Gasteiger partial charge >= 0.3 is 0 Å². The molecule has 126 valence electrons. The van der Waals surface area contributed by atoms with Crippen LogP contribution >= 0.6 is 0 Å². The Hall–Kier alpha value is -3.02. The van der Waals surface area contributed by atoms with Gasteiger partial charge < -0.3 is 4.90 Å². The van der Waals surface area contributed by atoms with E-state index in [9.17, 15) is 4.79 Å². The monoisotopic (exact) mass is 333 g/mol. The number of carbonyl (C=O) groups is 1. The van der Waals surface area contributed by atoms with Gasteiger partial charge in [-0.1, -0.05) is 5.21 Å². The Labute approximate surface area is 146 Å². The van der Waals surface area contributed by atoms with Crippen molar-refractivity contribution in [2.75, 3.05) is 13.1 Å². The highest BCUT2D eigenvalue weighted by Gasteiger charge is 2.25. The van der Waals surface area contributed by atoms with Gasteiger partial charge in [-0.15, -0.1) is 5.10 Å². The van der Waals surface area contributed by atoms with Crippen LogP contribution in [-0.4, -0.2) is 43.9 Å². The molecule has 0 aliphatic carbocycles. The maximum Gasteiger partial charge on any atom is 0.253 e.